The van der Waals surface area contributed by atoms with Crippen molar-refractivity contribution < 1.29 is 19.4 Å². The molecule has 0 bridgehead atoms. The van der Waals surface area contributed by atoms with Crippen LogP contribution in [0.4, 0.5) is 4.79 Å². The van der Waals surface area contributed by atoms with Crippen LogP contribution in [0.1, 0.15) is 32.3 Å². The monoisotopic (exact) mass is 334 g/mol. The SMILES string of the molecule is CN(CCC(=O)O)C(=O)NC1CC(OCc2ccccc2)C1(C)C. The van der Waals surface area contributed by atoms with E-state index in [0.717, 1.165) is 12.0 Å². The summed E-state index contributed by atoms with van der Waals surface area (Å²) in [5.41, 5.74) is 0.979. The van der Waals surface area contributed by atoms with Crippen molar-refractivity contribution in [1.29, 1.82) is 0 Å². The number of ether oxygens (including phenoxy) is 1. The van der Waals surface area contributed by atoms with Crippen LogP contribution >= 0.6 is 0 Å². The molecule has 0 aromatic heterocycles. The van der Waals surface area contributed by atoms with E-state index in [-0.39, 0.29) is 36.6 Å². The number of hydrogen-bond acceptors (Lipinski definition) is 3. The molecular formula is C18H26N2O4. The van der Waals surface area contributed by atoms with Crippen molar-refractivity contribution in [3.05, 3.63) is 35.9 Å². The second kappa shape index (κ2) is 7.66. The van der Waals surface area contributed by atoms with E-state index in [2.05, 4.69) is 19.2 Å². The molecule has 0 heterocycles. The van der Waals surface area contributed by atoms with Gasteiger partial charge in [0.15, 0.2) is 0 Å². The number of nitrogens with one attached hydrogen (secondary N) is 1. The molecule has 2 unspecified atom stereocenters. The van der Waals surface area contributed by atoms with Gasteiger partial charge in [-0.25, -0.2) is 4.79 Å². The molecule has 2 rings (SSSR count). The van der Waals surface area contributed by atoms with Crippen molar-refractivity contribution in [3.8, 4) is 0 Å². The molecule has 2 N–H and O–H groups in total. The van der Waals surface area contributed by atoms with Crippen LogP contribution in [0, 0.1) is 5.41 Å². The van der Waals surface area contributed by atoms with E-state index in [0.29, 0.717) is 6.61 Å². The molecule has 0 saturated heterocycles. The highest BCUT2D eigenvalue weighted by Crippen LogP contribution is 2.43. The molecule has 2 amide bonds. The highest BCUT2D eigenvalue weighted by atomic mass is 16.5. The molecule has 6 nitrogen and oxygen atoms in total. The lowest BCUT2D eigenvalue weighted by Gasteiger charge is -2.51. The summed E-state index contributed by atoms with van der Waals surface area (Å²) in [5.74, 6) is -0.909. The lowest BCUT2D eigenvalue weighted by Crippen LogP contribution is -2.63. The van der Waals surface area contributed by atoms with Gasteiger partial charge in [0.2, 0.25) is 0 Å². The Morgan fingerprint density at radius 1 is 1.33 bits per heavy atom. The van der Waals surface area contributed by atoms with Crippen molar-refractivity contribution >= 4 is 12.0 Å². The Hall–Kier alpha value is -2.08. The Balaban J connectivity index is 1.78. The maximum atomic E-state index is 12.1. The Kier molecular flexibility index (Phi) is 5.83. The first-order chi connectivity index (χ1) is 11.3. The number of benzene rings is 1. The highest BCUT2D eigenvalue weighted by molar-refractivity contribution is 5.75. The van der Waals surface area contributed by atoms with Crippen LogP contribution in [0.15, 0.2) is 30.3 Å². The summed E-state index contributed by atoms with van der Waals surface area (Å²) < 4.78 is 5.99. The molecule has 1 saturated carbocycles. The van der Waals surface area contributed by atoms with E-state index in [1.54, 1.807) is 7.05 Å². The first-order valence-electron chi connectivity index (χ1n) is 8.19. The third-order valence-electron chi connectivity index (χ3n) is 4.78. The minimum atomic E-state index is -0.909. The number of nitrogens with zero attached hydrogens (tertiary/aromatic N) is 1. The Morgan fingerprint density at radius 3 is 2.58 bits per heavy atom. The third kappa shape index (κ3) is 4.47. The van der Waals surface area contributed by atoms with Gasteiger partial charge in [0.05, 0.1) is 19.1 Å². The van der Waals surface area contributed by atoms with Gasteiger partial charge < -0.3 is 20.1 Å². The summed E-state index contributed by atoms with van der Waals surface area (Å²) >= 11 is 0. The van der Waals surface area contributed by atoms with E-state index < -0.39 is 5.97 Å². The molecule has 0 aliphatic heterocycles. The number of amides is 2. The quantitative estimate of drug-likeness (QED) is 0.803. The predicted molar refractivity (Wildman–Crippen MR) is 90.6 cm³/mol. The lowest BCUT2D eigenvalue weighted by molar-refractivity contribution is -0.137. The molecule has 132 valence electrons. The largest absolute Gasteiger partial charge is 0.481 e. The second-order valence-electron chi connectivity index (χ2n) is 6.91. The molecule has 1 aliphatic carbocycles. The van der Waals surface area contributed by atoms with Crippen LogP contribution in [0.25, 0.3) is 0 Å². The smallest absolute Gasteiger partial charge is 0.317 e. The number of rotatable bonds is 7. The number of aliphatic carboxylic acids is 1. The van der Waals surface area contributed by atoms with Gasteiger partial charge in [-0.05, 0) is 12.0 Å². The van der Waals surface area contributed by atoms with Crippen LogP contribution in [0.3, 0.4) is 0 Å². The Morgan fingerprint density at radius 2 is 2.00 bits per heavy atom. The molecule has 1 aliphatic rings. The van der Waals surface area contributed by atoms with Crippen molar-refractivity contribution in [2.24, 2.45) is 5.41 Å². The molecule has 1 aromatic carbocycles. The molecule has 24 heavy (non-hydrogen) atoms. The number of carboxylic acid groups (broad SMARTS) is 1. The zero-order valence-electron chi connectivity index (χ0n) is 14.5. The standard InChI is InChI=1S/C18H26N2O4/c1-18(2)14(19-17(23)20(3)10-9-16(21)22)11-15(18)24-12-13-7-5-4-6-8-13/h4-8,14-15H,9-12H2,1-3H3,(H,19,23)(H,21,22). The third-order valence-corrected chi connectivity index (χ3v) is 4.78. The van der Waals surface area contributed by atoms with E-state index in [9.17, 15) is 9.59 Å². The number of carboxylic acids is 1. The summed E-state index contributed by atoms with van der Waals surface area (Å²) in [5, 5.41) is 11.7. The van der Waals surface area contributed by atoms with Crippen LogP contribution in [0.5, 0.6) is 0 Å². The van der Waals surface area contributed by atoms with E-state index in [4.69, 9.17) is 9.84 Å². The normalized spacial score (nSPS) is 21.6. The molecule has 2 atom stereocenters. The van der Waals surface area contributed by atoms with Gasteiger partial charge in [-0.3, -0.25) is 4.79 Å². The van der Waals surface area contributed by atoms with Gasteiger partial charge in [0, 0.05) is 25.0 Å². The number of carbonyl (C=O) groups is 2. The van der Waals surface area contributed by atoms with Crippen molar-refractivity contribution in [1.82, 2.24) is 10.2 Å². The van der Waals surface area contributed by atoms with Crippen molar-refractivity contribution in [2.75, 3.05) is 13.6 Å². The first-order valence-corrected chi connectivity index (χ1v) is 8.19. The number of carbonyl (C=O) groups excluding carboxylic acids is 1. The topological polar surface area (TPSA) is 78.9 Å². The minimum absolute atomic E-state index is 0.0260. The lowest BCUT2D eigenvalue weighted by atomic mass is 9.64. The fourth-order valence-corrected chi connectivity index (χ4v) is 2.81. The minimum Gasteiger partial charge on any atom is -0.481 e. The summed E-state index contributed by atoms with van der Waals surface area (Å²) in [6.07, 6.45) is 0.798. The molecule has 1 fully saturated rings. The zero-order valence-corrected chi connectivity index (χ0v) is 14.5. The van der Waals surface area contributed by atoms with E-state index >= 15 is 0 Å². The van der Waals surface area contributed by atoms with Crippen LogP contribution in [-0.2, 0) is 16.1 Å². The average Bonchev–Trinajstić information content (AvgIpc) is 2.55. The van der Waals surface area contributed by atoms with Gasteiger partial charge in [0.1, 0.15) is 0 Å². The number of hydrogen-bond donors (Lipinski definition) is 2. The molecule has 0 spiro atoms. The second-order valence-corrected chi connectivity index (χ2v) is 6.91. The predicted octanol–water partition coefficient (Wildman–Crippen LogP) is 2.49. The molecular weight excluding hydrogens is 308 g/mol. The fraction of sp³-hybridized carbons (Fsp3) is 0.556. The maximum absolute atomic E-state index is 12.1. The first kappa shape index (κ1) is 18.3. The maximum Gasteiger partial charge on any atom is 0.317 e. The average molecular weight is 334 g/mol. The van der Waals surface area contributed by atoms with Gasteiger partial charge >= 0.3 is 12.0 Å². The fourth-order valence-electron chi connectivity index (χ4n) is 2.81. The van der Waals surface area contributed by atoms with Gasteiger partial charge in [0.25, 0.3) is 0 Å². The summed E-state index contributed by atoms with van der Waals surface area (Å²) in [6.45, 7) is 4.92. The Labute approximate surface area is 142 Å². The van der Waals surface area contributed by atoms with E-state index in [1.807, 2.05) is 30.3 Å². The summed E-state index contributed by atoms with van der Waals surface area (Å²) in [7, 11) is 1.60. The molecule has 1 aromatic rings. The summed E-state index contributed by atoms with van der Waals surface area (Å²) in [4.78, 5) is 24.1. The van der Waals surface area contributed by atoms with Crippen LogP contribution in [0.2, 0.25) is 0 Å². The van der Waals surface area contributed by atoms with Crippen molar-refractivity contribution in [3.63, 3.8) is 0 Å². The van der Waals surface area contributed by atoms with Gasteiger partial charge in [-0.2, -0.15) is 0 Å². The number of urea groups is 1. The van der Waals surface area contributed by atoms with Gasteiger partial charge in [-0.15, -0.1) is 0 Å². The van der Waals surface area contributed by atoms with Crippen LogP contribution in [-0.4, -0.2) is 47.7 Å². The zero-order chi connectivity index (χ0) is 17.7. The molecule has 0 radical (unpaired) electrons. The van der Waals surface area contributed by atoms with Crippen LogP contribution < -0.4 is 5.32 Å². The van der Waals surface area contributed by atoms with Crippen molar-refractivity contribution in [2.45, 2.75) is 45.4 Å². The van der Waals surface area contributed by atoms with Gasteiger partial charge in [-0.1, -0.05) is 44.2 Å². The molecule has 6 heteroatoms. The highest BCUT2D eigenvalue weighted by Gasteiger charge is 2.49. The summed E-state index contributed by atoms with van der Waals surface area (Å²) in [6, 6.07) is 9.79. The Bertz CT molecular complexity index is 574. The van der Waals surface area contributed by atoms with E-state index in [1.165, 1.54) is 4.90 Å².